The Labute approximate surface area is 60.9 Å². The van der Waals surface area contributed by atoms with E-state index in [0.29, 0.717) is 5.92 Å². The lowest BCUT2D eigenvalue weighted by atomic mass is 9.88. The number of aliphatic hydroxyl groups is 2. The lowest BCUT2D eigenvalue weighted by molar-refractivity contribution is -0.0982. The van der Waals surface area contributed by atoms with Crippen molar-refractivity contribution < 1.29 is 10.2 Å². The Balaban J connectivity index is 2.02. The van der Waals surface area contributed by atoms with Crippen LogP contribution in [0, 0.1) is 17.8 Å². The van der Waals surface area contributed by atoms with E-state index >= 15 is 0 Å². The van der Waals surface area contributed by atoms with Crippen LogP contribution in [-0.4, -0.2) is 16.5 Å². The molecular weight excluding hydrogens is 128 g/mol. The number of rotatable bonds is 1. The van der Waals surface area contributed by atoms with E-state index in [2.05, 4.69) is 0 Å². The van der Waals surface area contributed by atoms with Crippen LogP contribution < -0.4 is 0 Å². The van der Waals surface area contributed by atoms with Crippen molar-refractivity contribution in [3.05, 3.63) is 0 Å². The van der Waals surface area contributed by atoms with Gasteiger partial charge in [0.2, 0.25) is 0 Å². The molecule has 2 rings (SSSR count). The second-order valence-electron chi connectivity index (χ2n) is 3.75. The highest BCUT2D eigenvalue weighted by molar-refractivity contribution is 4.90. The van der Waals surface area contributed by atoms with Crippen LogP contribution in [0.1, 0.15) is 25.7 Å². The fraction of sp³-hybridized carbons (Fsp3) is 1.00. The summed E-state index contributed by atoms with van der Waals surface area (Å²) in [4.78, 5) is 0. The molecule has 0 aromatic heterocycles. The van der Waals surface area contributed by atoms with Gasteiger partial charge in [0, 0.05) is 5.92 Å². The van der Waals surface area contributed by atoms with E-state index in [-0.39, 0.29) is 5.92 Å². The van der Waals surface area contributed by atoms with Gasteiger partial charge >= 0.3 is 0 Å². The van der Waals surface area contributed by atoms with Gasteiger partial charge in [0.1, 0.15) is 0 Å². The van der Waals surface area contributed by atoms with Crippen LogP contribution in [0.3, 0.4) is 0 Å². The normalized spacial score (nSPS) is 45.3. The molecule has 3 unspecified atom stereocenters. The molecule has 0 aliphatic heterocycles. The first-order chi connectivity index (χ1) is 4.77. The molecule has 0 heterocycles. The Morgan fingerprint density at radius 2 is 1.90 bits per heavy atom. The van der Waals surface area contributed by atoms with Gasteiger partial charge in [-0.25, -0.2) is 0 Å². The summed E-state index contributed by atoms with van der Waals surface area (Å²) < 4.78 is 0. The SMILES string of the molecule is OC(O)C1CC2CCC1C2. The first-order valence-electron chi connectivity index (χ1n) is 4.13. The second kappa shape index (κ2) is 2.21. The predicted octanol–water partition coefficient (Wildman–Crippen LogP) is 0.733. The summed E-state index contributed by atoms with van der Waals surface area (Å²) in [5, 5.41) is 17.9. The third kappa shape index (κ3) is 0.867. The van der Waals surface area contributed by atoms with Crippen LogP contribution in [0.5, 0.6) is 0 Å². The van der Waals surface area contributed by atoms with Crippen LogP contribution in [0.15, 0.2) is 0 Å². The summed E-state index contributed by atoms with van der Waals surface area (Å²) >= 11 is 0. The zero-order chi connectivity index (χ0) is 7.14. The van der Waals surface area contributed by atoms with Crippen molar-refractivity contribution in [1.82, 2.24) is 0 Å². The van der Waals surface area contributed by atoms with Crippen molar-refractivity contribution in [2.75, 3.05) is 0 Å². The van der Waals surface area contributed by atoms with E-state index in [1.807, 2.05) is 0 Å². The van der Waals surface area contributed by atoms with Crippen LogP contribution >= 0.6 is 0 Å². The van der Waals surface area contributed by atoms with Crippen molar-refractivity contribution >= 4 is 0 Å². The van der Waals surface area contributed by atoms with Gasteiger partial charge in [-0.2, -0.15) is 0 Å². The van der Waals surface area contributed by atoms with E-state index in [9.17, 15) is 0 Å². The Kier molecular flexibility index (Phi) is 1.46. The number of fused-ring (bicyclic) bond motifs is 2. The van der Waals surface area contributed by atoms with Gasteiger partial charge < -0.3 is 10.2 Å². The summed E-state index contributed by atoms with van der Waals surface area (Å²) in [6.07, 6.45) is 3.82. The average Bonchev–Trinajstić information content (AvgIpc) is 2.44. The molecule has 3 atom stereocenters. The smallest absolute Gasteiger partial charge is 0.154 e. The fourth-order valence-corrected chi connectivity index (χ4v) is 2.66. The molecule has 2 nitrogen and oxygen atoms in total. The maximum atomic E-state index is 8.93. The molecule has 2 bridgehead atoms. The third-order valence-electron chi connectivity index (χ3n) is 3.18. The minimum Gasteiger partial charge on any atom is -0.368 e. The zero-order valence-corrected chi connectivity index (χ0v) is 6.03. The third-order valence-corrected chi connectivity index (χ3v) is 3.18. The van der Waals surface area contributed by atoms with Crippen LogP contribution in [0.4, 0.5) is 0 Å². The van der Waals surface area contributed by atoms with Gasteiger partial charge in [0.15, 0.2) is 6.29 Å². The summed E-state index contributed by atoms with van der Waals surface area (Å²) in [5.41, 5.74) is 0. The van der Waals surface area contributed by atoms with Crippen LogP contribution in [0.25, 0.3) is 0 Å². The molecule has 2 heteroatoms. The summed E-state index contributed by atoms with van der Waals surface area (Å²) in [5.74, 6) is 1.65. The van der Waals surface area contributed by atoms with E-state index < -0.39 is 6.29 Å². The second-order valence-corrected chi connectivity index (χ2v) is 3.75. The van der Waals surface area contributed by atoms with E-state index in [4.69, 9.17) is 10.2 Å². The molecule has 2 saturated carbocycles. The van der Waals surface area contributed by atoms with Crippen molar-refractivity contribution in [2.24, 2.45) is 17.8 Å². The van der Waals surface area contributed by atoms with Gasteiger partial charge in [0.25, 0.3) is 0 Å². The van der Waals surface area contributed by atoms with Gasteiger partial charge in [-0.1, -0.05) is 6.42 Å². The van der Waals surface area contributed by atoms with Crippen LogP contribution in [0.2, 0.25) is 0 Å². The molecule has 0 spiro atoms. The molecule has 0 saturated heterocycles. The number of aliphatic hydroxyl groups excluding tert-OH is 1. The van der Waals surface area contributed by atoms with Crippen molar-refractivity contribution in [2.45, 2.75) is 32.0 Å². The molecule has 58 valence electrons. The molecule has 0 radical (unpaired) electrons. The Morgan fingerprint density at radius 1 is 1.10 bits per heavy atom. The summed E-state index contributed by atoms with van der Waals surface area (Å²) in [6.45, 7) is 0. The van der Waals surface area contributed by atoms with Gasteiger partial charge in [-0.15, -0.1) is 0 Å². The van der Waals surface area contributed by atoms with Crippen LogP contribution in [-0.2, 0) is 0 Å². The lowest BCUT2D eigenvalue weighted by Crippen LogP contribution is -2.24. The van der Waals surface area contributed by atoms with Crippen molar-refractivity contribution in [1.29, 1.82) is 0 Å². The Bertz CT molecular complexity index is 133. The maximum absolute atomic E-state index is 8.93. The monoisotopic (exact) mass is 142 g/mol. The molecule has 10 heavy (non-hydrogen) atoms. The standard InChI is InChI=1S/C8H14O2/c9-8(10)7-4-5-1-2-6(7)3-5/h5-10H,1-4H2. The summed E-state index contributed by atoms with van der Waals surface area (Å²) in [6, 6.07) is 0. The highest BCUT2D eigenvalue weighted by atomic mass is 16.5. The minimum absolute atomic E-state index is 0.207. The maximum Gasteiger partial charge on any atom is 0.154 e. The highest BCUT2D eigenvalue weighted by Gasteiger charge is 2.42. The van der Waals surface area contributed by atoms with E-state index in [0.717, 1.165) is 12.3 Å². The first-order valence-corrected chi connectivity index (χ1v) is 4.13. The average molecular weight is 142 g/mol. The molecular formula is C8H14O2. The summed E-state index contributed by atoms with van der Waals surface area (Å²) in [7, 11) is 0. The molecule has 2 N–H and O–H groups in total. The molecule has 0 aromatic carbocycles. The predicted molar refractivity (Wildman–Crippen MR) is 37.2 cm³/mol. The van der Waals surface area contributed by atoms with E-state index in [1.54, 1.807) is 0 Å². The van der Waals surface area contributed by atoms with Gasteiger partial charge in [-0.3, -0.25) is 0 Å². The van der Waals surface area contributed by atoms with Gasteiger partial charge in [0.05, 0.1) is 0 Å². The first kappa shape index (κ1) is 6.62. The topological polar surface area (TPSA) is 40.5 Å². The molecule has 2 aliphatic carbocycles. The zero-order valence-electron chi connectivity index (χ0n) is 6.03. The van der Waals surface area contributed by atoms with Gasteiger partial charge in [-0.05, 0) is 31.1 Å². The number of hydrogen-bond acceptors (Lipinski definition) is 2. The number of hydrogen-bond donors (Lipinski definition) is 2. The molecule has 0 amide bonds. The van der Waals surface area contributed by atoms with E-state index in [1.165, 1.54) is 19.3 Å². The molecule has 0 aromatic rings. The highest BCUT2D eigenvalue weighted by Crippen LogP contribution is 2.49. The van der Waals surface area contributed by atoms with Crippen molar-refractivity contribution in [3.63, 3.8) is 0 Å². The quantitative estimate of drug-likeness (QED) is 0.530. The Hall–Kier alpha value is -0.0800. The minimum atomic E-state index is -1.05. The molecule has 2 aliphatic rings. The Morgan fingerprint density at radius 3 is 2.20 bits per heavy atom. The van der Waals surface area contributed by atoms with Crippen molar-refractivity contribution in [3.8, 4) is 0 Å². The fourth-order valence-electron chi connectivity index (χ4n) is 2.66. The largest absolute Gasteiger partial charge is 0.368 e. The lowest BCUT2D eigenvalue weighted by Gasteiger charge is -2.22. The molecule has 2 fully saturated rings.